The average Bonchev–Trinajstić information content (AvgIpc) is 3.37. The molecule has 4 atom stereocenters. The number of fused-ring (bicyclic) bond motifs is 1. The molecule has 35 heavy (non-hydrogen) atoms. The maximum atomic E-state index is 12.1. The minimum atomic E-state index is -1.16. The van der Waals surface area contributed by atoms with E-state index < -0.39 is 24.5 Å². The van der Waals surface area contributed by atoms with Gasteiger partial charge < -0.3 is 36.2 Å². The molecule has 0 spiro atoms. The average molecular weight is 505 g/mol. The van der Waals surface area contributed by atoms with Gasteiger partial charge in [0.2, 0.25) is 0 Å². The number of imidazole rings is 1. The fourth-order valence-electron chi connectivity index (χ4n) is 3.96. The lowest BCUT2D eigenvalue weighted by Crippen LogP contribution is -2.39. The van der Waals surface area contributed by atoms with E-state index in [1.54, 1.807) is 16.7 Å². The third kappa shape index (κ3) is 5.63. The molecule has 0 bridgehead atoms. The lowest BCUT2D eigenvalue weighted by molar-refractivity contribution is -0.0421. The van der Waals surface area contributed by atoms with Crippen molar-refractivity contribution in [3.63, 3.8) is 0 Å². The molecule has 13 heteroatoms. The van der Waals surface area contributed by atoms with E-state index in [1.807, 2.05) is 24.9 Å². The second-order valence-corrected chi connectivity index (χ2v) is 9.00. The molecule has 1 aliphatic heterocycles. The summed E-state index contributed by atoms with van der Waals surface area (Å²) in [4.78, 5) is 26.3. The van der Waals surface area contributed by atoms with Gasteiger partial charge in [0.25, 0.3) is 0 Å². The van der Waals surface area contributed by atoms with Crippen LogP contribution < -0.4 is 16.4 Å². The Bertz CT molecular complexity index is 1190. The van der Waals surface area contributed by atoms with Crippen molar-refractivity contribution in [2.45, 2.75) is 37.9 Å². The fourth-order valence-corrected chi connectivity index (χ4v) is 4.14. The van der Waals surface area contributed by atoms with Crippen LogP contribution in [0.4, 0.5) is 16.3 Å². The van der Waals surface area contributed by atoms with Crippen molar-refractivity contribution in [1.29, 1.82) is 0 Å². The molecule has 0 saturated carbocycles. The molecule has 2 aromatic heterocycles. The highest BCUT2D eigenvalue weighted by molar-refractivity contribution is 6.31. The minimum absolute atomic E-state index is 0.225. The topological polar surface area (TPSA) is 164 Å². The van der Waals surface area contributed by atoms with Crippen molar-refractivity contribution in [3.8, 4) is 0 Å². The number of nitrogens with zero attached hydrogens (tertiary/aromatic N) is 5. The van der Waals surface area contributed by atoms with Crippen LogP contribution in [0.25, 0.3) is 11.2 Å². The monoisotopic (exact) mass is 504 g/mol. The van der Waals surface area contributed by atoms with Crippen LogP contribution >= 0.6 is 11.6 Å². The number of hydrogen-bond acceptors (Lipinski definition) is 9. The zero-order valence-electron chi connectivity index (χ0n) is 19.4. The lowest BCUT2D eigenvalue weighted by Gasteiger charge is -2.22. The number of halogens is 1. The molecule has 1 aromatic carbocycles. The lowest BCUT2D eigenvalue weighted by atomic mass is 10.1. The fraction of sp³-hybridized carbons (Fsp3) is 0.455. The van der Waals surface area contributed by atoms with E-state index in [0.717, 1.165) is 5.56 Å². The molecule has 3 aromatic rings. The van der Waals surface area contributed by atoms with E-state index in [9.17, 15) is 15.0 Å². The van der Waals surface area contributed by atoms with Gasteiger partial charge in [-0.05, 0) is 44.6 Å². The summed E-state index contributed by atoms with van der Waals surface area (Å²) < 4.78 is 7.51. The summed E-state index contributed by atoms with van der Waals surface area (Å²) in [5, 5.41) is 27.3. The van der Waals surface area contributed by atoms with Crippen molar-refractivity contribution in [1.82, 2.24) is 29.7 Å². The summed E-state index contributed by atoms with van der Waals surface area (Å²) in [6.07, 6.45) is -0.294. The third-order valence-electron chi connectivity index (χ3n) is 5.92. The van der Waals surface area contributed by atoms with Crippen LogP contribution in [0.15, 0.2) is 30.9 Å². The number of likely N-dealkylation sites (N-methyl/N-ethyl adjacent to an activating group) is 1. The van der Waals surface area contributed by atoms with E-state index in [1.165, 1.54) is 12.7 Å². The van der Waals surface area contributed by atoms with Gasteiger partial charge in [0, 0.05) is 23.8 Å². The summed E-state index contributed by atoms with van der Waals surface area (Å²) in [6, 6.07) is 5.02. The Morgan fingerprint density at radius 3 is 2.86 bits per heavy atom. The number of carbonyl (C=O) groups excluding carboxylic acids is 1. The second-order valence-electron chi connectivity index (χ2n) is 8.59. The summed E-state index contributed by atoms with van der Waals surface area (Å²) in [5.74, 6) is 0.225. The Balaban J connectivity index is 1.23. The number of benzene rings is 1. The van der Waals surface area contributed by atoms with Crippen molar-refractivity contribution in [2.24, 2.45) is 0 Å². The molecule has 12 nitrogen and oxygen atoms in total. The third-order valence-corrected chi connectivity index (χ3v) is 6.33. The number of carbonyl (C=O) groups is 1. The molecule has 6 N–H and O–H groups in total. The van der Waals surface area contributed by atoms with E-state index in [4.69, 9.17) is 22.1 Å². The molecular formula is C22H29ClN8O4. The highest BCUT2D eigenvalue weighted by atomic mass is 35.5. The van der Waals surface area contributed by atoms with Crippen LogP contribution in [0.1, 0.15) is 18.2 Å². The number of anilines is 2. The predicted molar refractivity (Wildman–Crippen MR) is 131 cm³/mol. The number of aryl methyl sites for hydroxylation is 1. The number of aliphatic hydroxyl groups excluding tert-OH is 2. The van der Waals surface area contributed by atoms with Gasteiger partial charge in [0.1, 0.15) is 30.2 Å². The highest BCUT2D eigenvalue weighted by Crippen LogP contribution is 2.32. The maximum Gasteiger partial charge on any atom is 0.319 e. The zero-order valence-corrected chi connectivity index (χ0v) is 20.2. The molecule has 188 valence electrons. The first-order valence-electron chi connectivity index (χ1n) is 11.2. The standard InChI is InChI=1S/C22H29ClN8O4/c1-12-4-5-13(8-14(12)23)29-22(34)25-6-3-7-30(2)9-15-17(32)18(33)21(35-15)31-11-28-16-19(24)26-10-27-20(16)31/h4-5,8,10-11,15,17-18,21,32-33H,3,6-7,9H2,1-2H3,(H2,24,26,27)(H2,25,29,34). The Kier molecular flexibility index (Phi) is 7.67. The number of rotatable bonds is 8. The number of aliphatic hydroxyl groups is 2. The number of nitrogens with one attached hydrogen (secondary N) is 2. The molecule has 1 saturated heterocycles. The summed E-state index contributed by atoms with van der Waals surface area (Å²) in [5.41, 5.74) is 8.21. The predicted octanol–water partition coefficient (Wildman–Crippen LogP) is 1.13. The Hall–Kier alpha value is -3.03. The van der Waals surface area contributed by atoms with Gasteiger partial charge in [0.05, 0.1) is 6.33 Å². The van der Waals surface area contributed by atoms with Gasteiger partial charge in [-0.3, -0.25) is 4.57 Å². The van der Waals surface area contributed by atoms with E-state index >= 15 is 0 Å². The van der Waals surface area contributed by atoms with Crippen LogP contribution in [0, 0.1) is 6.92 Å². The highest BCUT2D eigenvalue weighted by Gasteiger charge is 2.44. The van der Waals surface area contributed by atoms with Crippen LogP contribution in [0.2, 0.25) is 5.02 Å². The SMILES string of the molecule is Cc1ccc(NC(=O)NCCCN(C)CC2OC(n3cnc4c(N)ncnc43)C(O)C2O)cc1Cl. The van der Waals surface area contributed by atoms with E-state index in [-0.39, 0.29) is 11.8 Å². The number of urea groups is 1. The zero-order chi connectivity index (χ0) is 25.1. The van der Waals surface area contributed by atoms with E-state index in [0.29, 0.717) is 47.9 Å². The van der Waals surface area contributed by atoms with Crippen molar-refractivity contribution >= 4 is 40.3 Å². The number of hydrogen-bond donors (Lipinski definition) is 5. The normalized spacial score (nSPS) is 22.1. The minimum Gasteiger partial charge on any atom is -0.387 e. The molecule has 3 heterocycles. The van der Waals surface area contributed by atoms with Gasteiger partial charge in [-0.25, -0.2) is 19.7 Å². The van der Waals surface area contributed by atoms with Gasteiger partial charge in [-0.1, -0.05) is 17.7 Å². The van der Waals surface area contributed by atoms with Gasteiger partial charge in [-0.15, -0.1) is 0 Å². The molecular weight excluding hydrogens is 476 g/mol. The largest absolute Gasteiger partial charge is 0.387 e. The molecule has 4 unspecified atom stereocenters. The Labute approximate surface area is 207 Å². The van der Waals surface area contributed by atoms with Crippen LogP contribution in [0.5, 0.6) is 0 Å². The first-order valence-corrected chi connectivity index (χ1v) is 11.6. The molecule has 1 aliphatic rings. The van der Waals surface area contributed by atoms with Crippen molar-refractivity contribution < 1.29 is 19.7 Å². The van der Waals surface area contributed by atoms with Crippen LogP contribution in [-0.4, -0.2) is 85.7 Å². The second kappa shape index (κ2) is 10.7. The smallest absolute Gasteiger partial charge is 0.319 e. The molecule has 0 aliphatic carbocycles. The Morgan fingerprint density at radius 2 is 2.09 bits per heavy atom. The number of aromatic nitrogens is 4. The van der Waals surface area contributed by atoms with Crippen molar-refractivity contribution in [2.75, 3.05) is 37.7 Å². The quantitative estimate of drug-likeness (QED) is 0.283. The summed E-state index contributed by atoms with van der Waals surface area (Å²) in [6.45, 7) is 3.37. The number of ether oxygens (including phenoxy) is 1. The first kappa shape index (κ1) is 25.1. The van der Waals surface area contributed by atoms with Crippen LogP contribution in [0.3, 0.4) is 0 Å². The van der Waals surface area contributed by atoms with Crippen molar-refractivity contribution in [3.05, 3.63) is 41.4 Å². The maximum absolute atomic E-state index is 12.1. The molecule has 2 amide bonds. The van der Waals surface area contributed by atoms with E-state index in [2.05, 4.69) is 25.6 Å². The molecule has 1 fully saturated rings. The van der Waals surface area contributed by atoms with Crippen LogP contribution in [-0.2, 0) is 4.74 Å². The Morgan fingerprint density at radius 1 is 1.29 bits per heavy atom. The summed E-state index contributed by atoms with van der Waals surface area (Å²) >= 11 is 6.08. The molecule has 0 radical (unpaired) electrons. The number of nitrogens with two attached hydrogens (primary N) is 1. The molecule has 4 rings (SSSR count). The number of amides is 2. The van der Waals surface area contributed by atoms with Gasteiger partial charge in [-0.2, -0.15) is 0 Å². The summed E-state index contributed by atoms with van der Waals surface area (Å²) in [7, 11) is 1.88. The number of nitrogen functional groups attached to an aromatic ring is 1. The first-order chi connectivity index (χ1) is 16.7. The van der Waals surface area contributed by atoms with Gasteiger partial charge in [0.15, 0.2) is 17.7 Å². The van der Waals surface area contributed by atoms with Gasteiger partial charge >= 0.3 is 6.03 Å².